The Morgan fingerprint density at radius 2 is 1.00 bits per heavy atom. The van der Waals surface area contributed by atoms with E-state index in [0.717, 1.165) is 17.8 Å². The Kier molecular flexibility index (Phi) is 11.1. The van der Waals surface area contributed by atoms with Crippen LogP contribution in [-0.2, 0) is 0 Å². The molecule has 17 heavy (non-hydrogen) atoms. The Labute approximate surface area is 111 Å². The van der Waals surface area contributed by atoms with Gasteiger partial charge in [-0.2, -0.15) is 0 Å². The lowest BCUT2D eigenvalue weighted by atomic mass is 9.92. The Balaban J connectivity index is 3.34. The van der Waals surface area contributed by atoms with E-state index in [1.165, 1.54) is 57.8 Å². The van der Waals surface area contributed by atoms with E-state index in [9.17, 15) is 0 Å². The van der Waals surface area contributed by atoms with Crippen LogP contribution in [0.2, 0.25) is 0 Å². The first-order valence-electron chi connectivity index (χ1n) is 8.06. The minimum absolute atomic E-state index is 0.885. The second-order valence-corrected chi connectivity index (χ2v) is 6.61. The van der Waals surface area contributed by atoms with Gasteiger partial charge in [0.1, 0.15) is 0 Å². The second-order valence-electron chi connectivity index (χ2n) is 6.61. The number of hydrogen-bond donors (Lipinski definition) is 0. The third-order valence-corrected chi connectivity index (χ3v) is 3.92. The summed E-state index contributed by atoms with van der Waals surface area (Å²) >= 11 is 0. The monoisotopic (exact) mass is 240 g/mol. The van der Waals surface area contributed by atoms with Crippen molar-refractivity contribution >= 4 is 0 Å². The van der Waals surface area contributed by atoms with Crippen molar-refractivity contribution in [1.29, 1.82) is 0 Å². The maximum atomic E-state index is 2.44. The maximum Gasteiger partial charge on any atom is -0.0443 e. The highest BCUT2D eigenvalue weighted by Gasteiger charge is 2.05. The van der Waals surface area contributed by atoms with Gasteiger partial charge in [0.25, 0.3) is 0 Å². The van der Waals surface area contributed by atoms with E-state index < -0.39 is 0 Å². The predicted octanol–water partition coefficient (Wildman–Crippen LogP) is 6.45. The molecule has 0 heterocycles. The van der Waals surface area contributed by atoms with Crippen LogP contribution < -0.4 is 0 Å². The van der Waals surface area contributed by atoms with E-state index in [4.69, 9.17) is 0 Å². The van der Waals surface area contributed by atoms with Gasteiger partial charge in [0.2, 0.25) is 0 Å². The molecule has 0 spiro atoms. The van der Waals surface area contributed by atoms with Crippen LogP contribution in [0.1, 0.15) is 92.4 Å². The van der Waals surface area contributed by atoms with Crippen molar-refractivity contribution < 1.29 is 0 Å². The summed E-state index contributed by atoms with van der Waals surface area (Å²) < 4.78 is 0. The van der Waals surface area contributed by atoms with Gasteiger partial charge in [-0.1, -0.05) is 92.4 Å². The van der Waals surface area contributed by atoms with Crippen LogP contribution in [-0.4, -0.2) is 0 Å². The topological polar surface area (TPSA) is 0 Å². The van der Waals surface area contributed by atoms with Gasteiger partial charge in [-0.05, 0) is 17.8 Å². The van der Waals surface area contributed by atoms with Gasteiger partial charge in [-0.15, -0.1) is 0 Å². The molecule has 2 atom stereocenters. The zero-order valence-corrected chi connectivity index (χ0v) is 13.1. The fourth-order valence-electron chi connectivity index (χ4n) is 2.53. The highest BCUT2D eigenvalue weighted by molar-refractivity contribution is 4.59. The van der Waals surface area contributed by atoms with Crippen molar-refractivity contribution in [3.8, 4) is 0 Å². The van der Waals surface area contributed by atoms with Crippen LogP contribution >= 0.6 is 0 Å². The molecule has 0 aromatic carbocycles. The van der Waals surface area contributed by atoms with Gasteiger partial charge in [0.15, 0.2) is 0 Å². The van der Waals surface area contributed by atoms with E-state index >= 15 is 0 Å². The van der Waals surface area contributed by atoms with Gasteiger partial charge in [-0.25, -0.2) is 0 Å². The second kappa shape index (κ2) is 11.1. The van der Waals surface area contributed by atoms with Gasteiger partial charge >= 0.3 is 0 Å². The van der Waals surface area contributed by atoms with Crippen molar-refractivity contribution in [1.82, 2.24) is 0 Å². The van der Waals surface area contributed by atoms with Crippen molar-refractivity contribution in [3.63, 3.8) is 0 Å². The maximum absolute atomic E-state index is 2.44. The van der Waals surface area contributed by atoms with Crippen LogP contribution in [0.15, 0.2) is 0 Å². The summed E-state index contributed by atoms with van der Waals surface area (Å²) in [5.41, 5.74) is 0. The average molecular weight is 240 g/mol. The molecule has 0 heteroatoms. The van der Waals surface area contributed by atoms with Gasteiger partial charge in [-0.3, -0.25) is 0 Å². The third kappa shape index (κ3) is 12.2. The van der Waals surface area contributed by atoms with Crippen LogP contribution in [0.3, 0.4) is 0 Å². The van der Waals surface area contributed by atoms with Crippen molar-refractivity contribution in [3.05, 3.63) is 0 Å². The summed E-state index contributed by atoms with van der Waals surface area (Å²) in [6, 6.07) is 0. The molecule has 0 radical (unpaired) electrons. The Bertz CT molecular complexity index is 148. The summed E-state index contributed by atoms with van der Waals surface area (Å²) in [6.45, 7) is 11.8. The number of rotatable bonds is 11. The average Bonchev–Trinajstić information content (AvgIpc) is 2.25. The third-order valence-electron chi connectivity index (χ3n) is 3.92. The van der Waals surface area contributed by atoms with Crippen LogP contribution in [0, 0.1) is 17.8 Å². The molecule has 104 valence electrons. The SMILES string of the molecule is CCCC[C@@H](C)CCC[C@@H](C)CCCC(C)C. The predicted molar refractivity (Wildman–Crippen MR) is 80.4 cm³/mol. The largest absolute Gasteiger partial charge is 0.0654 e. The molecule has 0 N–H and O–H groups in total. The Morgan fingerprint density at radius 3 is 1.41 bits per heavy atom. The summed E-state index contributed by atoms with van der Waals surface area (Å²) in [5.74, 6) is 2.79. The minimum atomic E-state index is 0.885. The van der Waals surface area contributed by atoms with Crippen LogP contribution in [0.25, 0.3) is 0 Å². The molecule has 0 saturated carbocycles. The van der Waals surface area contributed by atoms with Gasteiger partial charge in [0.05, 0.1) is 0 Å². The molecule has 0 bridgehead atoms. The molecule has 0 fully saturated rings. The molecule has 0 aliphatic carbocycles. The zero-order valence-electron chi connectivity index (χ0n) is 13.1. The van der Waals surface area contributed by atoms with Gasteiger partial charge < -0.3 is 0 Å². The minimum Gasteiger partial charge on any atom is -0.0654 e. The highest BCUT2D eigenvalue weighted by Crippen LogP contribution is 2.21. The van der Waals surface area contributed by atoms with E-state index in [1.54, 1.807) is 0 Å². The smallest absolute Gasteiger partial charge is 0.0443 e. The molecular formula is C17H36. The van der Waals surface area contributed by atoms with E-state index in [1.807, 2.05) is 0 Å². The Morgan fingerprint density at radius 1 is 0.588 bits per heavy atom. The molecule has 0 rings (SSSR count). The first-order valence-corrected chi connectivity index (χ1v) is 8.06. The lowest BCUT2D eigenvalue weighted by molar-refractivity contribution is 0.388. The summed E-state index contributed by atoms with van der Waals surface area (Å²) in [5, 5.41) is 0. The van der Waals surface area contributed by atoms with Crippen molar-refractivity contribution in [2.75, 3.05) is 0 Å². The Hall–Kier alpha value is 0. The van der Waals surface area contributed by atoms with Crippen LogP contribution in [0.5, 0.6) is 0 Å². The summed E-state index contributed by atoms with van der Waals surface area (Å²) in [6.07, 6.45) is 12.9. The molecule has 0 aromatic heterocycles. The summed E-state index contributed by atoms with van der Waals surface area (Å²) in [7, 11) is 0. The number of unbranched alkanes of at least 4 members (excludes halogenated alkanes) is 1. The molecule has 0 aromatic rings. The summed E-state index contributed by atoms with van der Waals surface area (Å²) in [4.78, 5) is 0. The first-order chi connectivity index (χ1) is 8.06. The molecule has 0 unspecified atom stereocenters. The quantitative estimate of drug-likeness (QED) is 0.389. The highest BCUT2D eigenvalue weighted by atomic mass is 14.1. The zero-order chi connectivity index (χ0) is 13.1. The molecule has 0 saturated heterocycles. The van der Waals surface area contributed by atoms with E-state index in [0.29, 0.717) is 0 Å². The normalized spacial score (nSPS) is 15.2. The van der Waals surface area contributed by atoms with Crippen LogP contribution in [0.4, 0.5) is 0 Å². The standard InChI is InChI=1S/C17H36/c1-6-7-11-16(4)13-9-14-17(5)12-8-10-15(2)3/h15-17H,6-14H2,1-5H3/t16-,17+/m1/s1. The lowest BCUT2D eigenvalue weighted by Crippen LogP contribution is -2.00. The molecule has 0 aliphatic heterocycles. The molecule has 0 amide bonds. The fraction of sp³-hybridized carbons (Fsp3) is 1.00. The van der Waals surface area contributed by atoms with Crippen molar-refractivity contribution in [2.45, 2.75) is 92.4 Å². The molecular weight excluding hydrogens is 204 g/mol. The molecule has 0 aliphatic rings. The van der Waals surface area contributed by atoms with E-state index in [-0.39, 0.29) is 0 Å². The van der Waals surface area contributed by atoms with Crippen molar-refractivity contribution in [2.24, 2.45) is 17.8 Å². The van der Waals surface area contributed by atoms with E-state index in [2.05, 4.69) is 34.6 Å². The first kappa shape index (κ1) is 17.0. The fourth-order valence-corrected chi connectivity index (χ4v) is 2.53. The number of hydrogen-bond acceptors (Lipinski definition) is 0. The lowest BCUT2D eigenvalue weighted by Gasteiger charge is -2.14. The van der Waals surface area contributed by atoms with Gasteiger partial charge in [0, 0.05) is 0 Å². The molecule has 0 nitrogen and oxygen atoms in total.